The summed E-state index contributed by atoms with van der Waals surface area (Å²) < 4.78 is 15.2. The van der Waals surface area contributed by atoms with Crippen LogP contribution in [0.2, 0.25) is 0 Å². The van der Waals surface area contributed by atoms with Crippen molar-refractivity contribution in [3.63, 3.8) is 0 Å². The summed E-state index contributed by atoms with van der Waals surface area (Å²) in [5.41, 5.74) is 5.68. The van der Waals surface area contributed by atoms with Gasteiger partial charge in [-0.05, 0) is 29.3 Å². The molecule has 6 heteroatoms. The summed E-state index contributed by atoms with van der Waals surface area (Å²) in [4.78, 5) is 12.2. The average Bonchev–Trinajstić information content (AvgIpc) is 3.13. The molecule has 0 fully saturated rings. The van der Waals surface area contributed by atoms with Crippen LogP contribution in [0.3, 0.4) is 0 Å². The minimum absolute atomic E-state index is 0.266. The second kappa shape index (κ2) is 8.71. The van der Waals surface area contributed by atoms with Crippen molar-refractivity contribution in [3.05, 3.63) is 108 Å². The van der Waals surface area contributed by atoms with Crippen molar-refractivity contribution in [2.45, 2.75) is 12.6 Å². The molecule has 0 aliphatic rings. The number of benzene rings is 3. The molecule has 30 heavy (non-hydrogen) atoms. The lowest BCUT2D eigenvalue weighted by atomic mass is 10.1. The number of nitrogens with one attached hydrogen (secondary N) is 1. The highest BCUT2D eigenvalue weighted by molar-refractivity contribution is 5.99. The first kappa shape index (κ1) is 19.5. The first-order valence-corrected chi connectivity index (χ1v) is 9.50. The van der Waals surface area contributed by atoms with E-state index in [1.165, 1.54) is 12.1 Å². The molecule has 4 aromatic rings. The van der Waals surface area contributed by atoms with Crippen LogP contribution in [0.4, 0.5) is 4.39 Å². The standard InChI is InChI=1S/C24H20FN3O2/c25-20-12-10-17(11-13-20)15-28-16-19(21-8-4-5-9-22(21)28)14-26-27-24(30)23(29)18-6-2-1-3-7-18/h1-14,16,23,29H,15H2,(H,27,30)/b26-14-/t23-/m1/s1. The van der Waals surface area contributed by atoms with E-state index in [2.05, 4.69) is 10.5 Å². The lowest BCUT2D eigenvalue weighted by molar-refractivity contribution is -0.129. The number of rotatable bonds is 6. The zero-order chi connectivity index (χ0) is 20.9. The summed E-state index contributed by atoms with van der Waals surface area (Å²) in [7, 11) is 0. The van der Waals surface area contributed by atoms with Gasteiger partial charge < -0.3 is 9.67 Å². The summed E-state index contributed by atoms with van der Waals surface area (Å²) in [5, 5.41) is 15.1. The Morgan fingerprint density at radius 3 is 2.50 bits per heavy atom. The van der Waals surface area contributed by atoms with Crippen LogP contribution in [-0.4, -0.2) is 21.8 Å². The number of hydrogen-bond donors (Lipinski definition) is 2. The first-order chi connectivity index (χ1) is 14.6. The van der Waals surface area contributed by atoms with Crippen molar-refractivity contribution in [3.8, 4) is 0 Å². The van der Waals surface area contributed by atoms with Crippen LogP contribution in [0.5, 0.6) is 0 Å². The number of amides is 1. The second-order valence-corrected chi connectivity index (χ2v) is 6.90. The van der Waals surface area contributed by atoms with Gasteiger partial charge in [0.1, 0.15) is 5.82 Å². The predicted molar refractivity (Wildman–Crippen MR) is 115 cm³/mol. The summed E-state index contributed by atoms with van der Waals surface area (Å²) in [6, 6.07) is 22.9. The third kappa shape index (κ3) is 4.29. The number of halogens is 1. The Labute approximate surface area is 173 Å². The van der Waals surface area contributed by atoms with Crippen LogP contribution < -0.4 is 5.43 Å². The van der Waals surface area contributed by atoms with E-state index in [1.807, 2.05) is 41.1 Å². The maximum Gasteiger partial charge on any atom is 0.273 e. The molecule has 1 aromatic heterocycles. The number of hydrogen-bond acceptors (Lipinski definition) is 3. The molecule has 4 rings (SSSR count). The number of aromatic nitrogens is 1. The van der Waals surface area contributed by atoms with Gasteiger partial charge in [-0.25, -0.2) is 9.82 Å². The second-order valence-electron chi connectivity index (χ2n) is 6.90. The molecule has 0 aliphatic heterocycles. The number of aliphatic hydroxyl groups excluding tert-OH is 1. The maximum atomic E-state index is 13.2. The molecular weight excluding hydrogens is 381 g/mol. The van der Waals surface area contributed by atoms with Gasteiger partial charge in [0.15, 0.2) is 6.10 Å². The molecule has 0 aliphatic carbocycles. The third-order valence-electron chi connectivity index (χ3n) is 4.83. The van der Waals surface area contributed by atoms with Crippen LogP contribution in [0.1, 0.15) is 22.8 Å². The number of aliphatic hydroxyl groups is 1. The van der Waals surface area contributed by atoms with Crippen molar-refractivity contribution in [2.24, 2.45) is 5.10 Å². The van der Waals surface area contributed by atoms with Gasteiger partial charge in [0, 0.05) is 29.2 Å². The van der Waals surface area contributed by atoms with Crippen molar-refractivity contribution in [1.82, 2.24) is 9.99 Å². The summed E-state index contributed by atoms with van der Waals surface area (Å²) in [5.74, 6) is -0.870. The Bertz CT molecular complexity index is 1180. The quantitative estimate of drug-likeness (QED) is 0.379. The zero-order valence-corrected chi connectivity index (χ0v) is 16.1. The number of para-hydroxylation sites is 1. The predicted octanol–water partition coefficient (Wildman–Crippen LogP) is 4.01. The fourth-order valence-corrected chi connectivity index (χ4v) is 3.31. The van der Waals surface area contributed by atoms with E-state index in [0.717, 1.165) is 22.0 Å². The Hall–Kier alpha value is -3.77. The van der Waals surface area contributed by atoms with E-state index >= 15 is 0 Å². The molecular formula is C24H20FN3O2. The molecule has 1 heterocycles. The number of fused-ring (bicyclic) bond motifs is 1. The van der Waals surface area contributed by atoms with Gasteiger partial charge in [-0.1, -0.05) is 60.7 Å². The number of nitrogens with zero attached hydrogens (tertiary/aromatic N) is 2. The van der Waals surface area contributed by atoms with Crippen LogP contribution in [0.15, 0.2) is 90.2 Å². The molecule has 0 saturated carbocycles. The van der Waals surface area contributed by atoms with Gasteiger partial charge in [0.2, 0.25) is 0 Å². The Balaban J connectivity index is 1.52. The monoisotopic (exact) mass is 401 g/mol. The molecule has 0 bridgehead atoms. The fourth-order valence-electron chi connectivity index (χ4n) is 3.31. The van der Waals surface area contributed by atoms with E-state index in [1.54, 1.807) is 42.6 Å². The molecule has 2 N–H and O–H groups in total. The SMILES string of the molecule is O=C(N/N=C\c1cn(Cc2ccc(F)cc2)c2ccccc12)[C@H](O)c1ccccc1. The van der Waals surface area contributed by atoms with Gasteiger partial charge in [0.05, 0.1) is 6.21 Å². The van der Waals surface area contributed by atoms with Crippen LogP contribution >= 0.6 is 0 Å². The first-order valence-electron chi connectivity index (χ1n) is 9.50. The van der Waals surface area contributed by atoms with E-state index < -0.39 is 12.0 Å². The highest BCUT2D eigenvalue weighted by Gasteiger charge is 2.16. The van der Waals surface area contributed by atoms with Crippen LogP contribution in [0, 0.1) is 5.82 Å². The topological polar surface area (TPSA) is 66.6 Å². The summed E-state index contributed by atoms with van der Waals surface area (Å²) >= 11 is 0. The Kier molecular flexibility index (Phi) is 5.68. The van der Waals surface area contributed by atoms with Crippen molar-refractivity contribution >= 4 is 23.0 Å². The normalized spacial score (nSPS) is 12.3. The van der Waals surface area contributed by atoms with E-state index in [0.29, 0.717) is 12.1 Å². The largest absolute Gasteiger partial charge is 0.378 e. The lowest BCUT2D eigenvalue weighted by Gasteiger charge is -2.08. The van der Waals surface area contributed by atoms with E-state index in [4.69, 9.17) is 0 Å². The number of hydrazone groups is 1. The smallest absolute Gasteiger partial charge is 0.273 e. The fraction of sp³-hybridized carbons (Fsp3) is 0.0833. The maximum absolute atomic E-state index is 13.2. The third-order valence-corrected chi connectivity index (χ3v) is 4.83. The van der Waals surface area contributed by atoms with Crippen LogP contribution in [0.25, 0.3) is 10.9 Å². The van der Waals surface area contributed by atoms with Gasteiger partial charge in [-0.2, -0.15) is 5.10 Å². The molecule has 5 nitrogen and oxygen atoms in total. The number of carbonyl (C=O) groups excluding carboxylic acids is 1. The van der Waals surface area contributed by atoms with Crippen LogP contribution in [-0.2, 0) is 11.3 Å². The molecule has 0 radical (unpaired) electrons. The summed E-state index contributed by atoms with van der Waals surface area (Å²) in [6.07, 6.45) is 2.19. The van der Waals surface area contributed by atoms with Gasteiger partial charge >= 0.3 is 0 Å². The lowest BCUT2D eigenvalue weighted by Crippen LogP contribution is -2.25. The molecule has 0 spiro atoms. The molecule has 150 valence electrons. The molecule has 1 amide bonds. The van der Waals surface area contributed by atoms with Crippen molar-refractivity contribution in [2.75, 3.05) is 0 Å². The minimum Gasteiger partial charge on any atom is -0.378 e. The summed E-state index contributed by atoms with van der Waals surface area (Å²) in [6.45, 7) is 0.577. The van der Waals surface area contributed by atoms with E-state index in [9.17, 15) is 14.3 Å². The Morgan fingerprint density at radius 1 is 1.03 bits per heavy atom. The Morgan fingerprint density at radius 2 is 1.73 bits per heavy atom. The van der Waals surface area contributed by atoms with Gasteiger partial charge in [0.25, 0.3) is 5.91 Å². The molecule has 0 unspecified atom stereocenters. The van der Waals surface area contributed by atoms with Gasteiger partial charge in [-0.15, -0.1) is 0 Å². The average molecular weight is 401 g/mol. The molecule has 0 saturated heterocycles. The molecule has 3 aromatic carbocycles. The van der Waals surface area contributed by atoms with E-state index in [-0.39, 0.29) is 5.82 Å². The number of carbonyl (C=O) groups is 1. The highest BCUT2D eigenvalue weighted by Crippen LogP contribution is 2.21. The minimum atomic E-state index is -1.29. The highest BCUT2D eigenvalue weighted by atomic mass is 19.1. The van der Waals surface area contributed by atoms with Crippen molar-refractivity contribution < 1.29 is 14.3 Å². The molecule has 1 atom stereocenters. The zero-order valence-electron chi connectivity index (χ0n) is 16.1. The van der Waals surface area contributed by atoms with Crippen molar-refractivity contribution in [1.29, 1.82) is 0 Å². The van der Waals surface area contributed by atoms with Gasteiger partial charge in [-0.3, -0.25) is 4.79 Å².